The summed E-state index contributed by atoms with van der Waals surface area (Å²) in [5.74, 6) is -0.171. The van der Waals surface area contributed by atoms with Gasteiger partial charge in [0.2, 0.25) is 0 Å². The predicted molar refractivity (Wildman–Crippen MR) is 101 cm³/mol. The van der Waals surface area contributed by atoms with Crippen LogP contribution < -0.4 is 15.2 Å². The number of pyridine rings is 1. The summed E-state index contributed by atoms with van der Waals surface area (Å²) in [4.78, 5) is 24.5. The highest BCUT2D eigenvalue weighted by molar-refractivity contribution is 7.25. The number of halogens is 1. The van der Waals surface area contributed by atoms with Gasteiger partial charge in [-0.3, -0.25) is 9.36 Å². The fraction of sp³-hybridized carbons (Fsp3) is 0.167. The number of thiophene rings is 1. The van der Waals surface area contributed by atoms with Crippen molar-refractivity contribution in [2.24, 2.45) is 0 Å². The Morgan fingerprint density at radius 1 is 1.23 bits per heavy atom. The maximum Gasteiger partial charge on any atom is 0.276 e. The highest BCUT2D eigenvalue weighted by atomic mass is 32.1. The zero-order valence-corrected chi connectivity index (χ0v) is 15.2. The van der Waals surface area contributed by atoms with E-state index >= 15 is 0 Å². The lowest BCUT2D eigenvalue weighted by Crippen LogP contribution is -2.19. The number of aromatic nitrogens is 3. The van der Waals surface area contributed by atoms with Crippen LogP contribution in [-0.2, 0) is 0 Å². The van der Waals surface area contributed by atoms with E-state index in [2.05, 4.69) is 9.97 Å². The molecule has 0 saturated carbocycles. The molecule has 4 aromatic rings. The summed E-state index contributed by atoms with van der Waals surface area (Å²) in [5.41, 5.74) is 1.31. The van der Waals surface area contributed by atoms with Crippen LogP contribution in [0.2, 0.25) is 0 Å². The van der Waals surface area contributed by atoms with E-state index in [1.54, 1.807) is 12.3 Å². The molecule has 0 saturated heterocycles. The van der Waals surface area contributed by atoms with Gasteiger partial charge in [0, 0.05) is 26.4 Å². The average Bonchev–Trinajstić information content (AvgIpc) is 3.02. The van der Waals surface area contributed by atoms with Crippen molar-refractivity contribution in [2.75, 3.05) is 26.1 Å². The summed E-state index contributed by atoms with van der Waals surface area (Å²) in [6, 6.07) is 6.22. The molecule has 0 spiro atoms. The molecule has 0 aliphatic heterocycles. The van der Waals surface area contributed by atoms with E-state index < -0.39 is 5.82 Å². The zero-order valence-electron chi connectivity index (χ0n) is 14.4. The molecule has 0 aliphatic carbocycles. The molecule has 0 fully saturated rings. The molecule has 6 nitrogen and oxygen atoms in total. The predicted octanol–water partition coefficient (Wildman–Crippen LogP) is 3.21. The van der Waals surface area contributed by atoms with Gasteiger partial charge in [0.25, 0.3) is 5.56 Å². The lowest BCUT2D eigenvalue weighted by Gasteiger charge is -2.13. The second-order valence-electron chi connectivity index (χ2n) is 5.92. The Kier molecular flexibility index (Phi) is 3.84. The summed E-state index contributed by atoms with van der Waals surface area (Å²) in [7, 11) is 5.30. The largest absolute Gasteiger partial charge is 0.497 e. The van der Waals surface area contributed by atoms with E-state index in [4.69, 9.17) is 4.74 Å². The van der Waals surface area contributed by atoms with Gasteiger partial charge in [-0.25, -0.2) is 14.4 Å². The van der Waals surface area contributed by atoms with E-state index in [1.807, 2.05) is 25.1 Å². The highest BCUT2D eigenvalue weighted by Crippen LogP contribution is 2.35. The summed E-state index contributed by atoms with van der Waals surface area (Å²) in [5, 5.41) is 0.831. The molecule has 0 unspecified atom stereocenters. The van der Waals surface area contributed by atoms with Crippen molar-refractivity contribution in [1.82, 2.24) is 14.5 Å². The molecule has 3 aromatic heterocycles. The van der Waals surface area contributed by atoms with E-state index in [0.29, 0.717) is 16.0 Å². The SMILES string of the molecule is COc1ccc(-n2cnc3c(sc4nccc(N(C)C)c43)c2=O)c(F)c1. The molecule has 1 aromatic carbocycles. The number of fused-ring (bicyclic) bond motifs is 3. The van der Waals surface area contributed by atoms with E-state index in [-0.39, 0.29) is 11.2 Å². The number of hydrogen-bond acceptors (Lipinski definition) is 6. The fourth-order valence-electron chi connectivity index (χ4n) is 2.89. The molecule has 0 atom stereocenters. The number of benzene rings is 1. The van der Waals surface area contributed by atoms with Crippen LogP contribution in [0, 0.1) is 5.82 Å². The van der Waals surface area contributed by atoms with E-state index in [0.717, 1.165) is 15.9 Å². The Labute approximate surface area is 152 Å². The van der Waals surface area contributed by atoms with Gasteiger partial charge in [-0.05, 0) is 18.2 Å². The standard InChI is InChI=1S/C18H15FN4O2S/c1-22(2)13-6-7-20-17-14(13)15-16(26-17)18(24)23(9-21-15)12-5-4-10(25-3)8-11(12)19/h4-9H,1-3H3. The minimum absolute atomic E-state index is 0.128. The van der Waals surface area contributed by atoms with Crippen LogP contribution >= 0.6 is 11.3 Å². The molecule has 132 valence electrons. The molecular formula is C18H15FN4O2S. The van der Waals surface area contributed by atoms with Crippen molar-refractivity contribution >= 4 is 37.5 Å². The molecule has 8 heteroatoms. The Bertz CT molecular complexity index is 1200. The molecule has 0 radical (unpaired) electrons. The van der Waals surface area contributed by atoms with Crippen molar-refractivity contribution in [3.05, 3.63) is 53.0 Å². The summed E-state index contributed by atoms with van der Waals surface area (Å²) in [6.07, 6.45) is 3.06. The first-order valence-electron chi connectivity index (χ1n) is 7.81. The third-order valence-corrected chi connectivity index (χ3v) is 5.23. The number of methoxy groups -OCH3 is 1. The molecule has 0 aliphatic rings. The number of rotatable bonds is 3. The molecule has 0 bridgehead atoms. The Hall–Kier alpha value is -3.00. The third kappa shape index (κ3) is 2.41. The first-order chi connectivity index (χ1) is 12.5. The second kappa shape index (κ2) is 6.06. The van der Waals surface area contributed by atoms with Crippen LogP contribution in [0.4, 0.5) is 10.1 Å². The number of hydrogen-bond donors (Lipinski definition) is 0. The van der Waals surface area contributed by atoms with Crippen molar-refractivity contribution < 1.29 is 9.13 Å². The monoisotopic (exact) mass is 370 g/mol. The molecule has 4 rings (SSSR count). The molecule has 26 heavy (non-hydrogen) atoms. The Balaban J connectivity index is 2.01. The summed E-state index contributed by atoms with van der Waals surface area (Å²) < 4.78 is 21.1. The molecule has 0 N–H and O–H groups in total. The van der Waals surface area contributed by atoms with Gasteiger partial charge in [-0.1, -0.05) is 0 Å². The fourth-order valence-corrected chi connectivity index (χ4v) is 3.94. The van der Waals surface area contributed by atoms with Crippen LogP contribution in [0.1, 0.15) is 0 Å². The first kappa shape index (κ1) is 16.5. The Morgan fingerprint density at radius 2 is 2.04 bits per heavy atom. The van der Waals surface area contributed by atoms with Crippen LogP contribution in [-0.4, -0.2) is 35.7 Å². The molecule has 0 amide bonds. The second-order valence-corrected chi connectivity index (χ2v) is 6.92. The zero-order chi connectivity index (χ0) is 18.4. The Morgan fingerprint density at radius 3 is 2.73 bits per heavy atom. The number of ether oxygens (including phenoxy) is 1. The first-order valence-corrected chi connectivity index (χ1v) is 8.63. The number of nitrogens with zero attached hydrogens (tertiary/aromatic N) is 4. The summed E-state index contributed by atoms with van der Waals surface area (Å²) in [6.45, 7) is 0. The van der Waals surface area contributed by atoms with Gasteiger partial charge in [-0.2, -0.15) is 0 Å². The lowest BCUT2D eigenvalue weighted by atomic mass is 10.2. The topological polar surface area (TPSA) is 60.2 Å². The lowest BCUT2D eigenvalue weighted by molar-refractivity contribution is 0.411. The minimum Gasteiger partial charge on any atom is -0.497 e. The van der Waals surface area contributed by atoms with Gasteiger partial charge < -0.3 is 9.64 Å². The molecular weight excluding hydrogens is 355 g/mol. The van der Waals surface area contributed by atoms with Gasteiger partial charge in [0.1, 0.15) is 21.6 Å². The van der Waals surface area contributed by atoms with Crippen LogP contribution in [0.3, 0.4) is 0 Å². The third-order valence-electron chi connectivity index (χ3n) is 4.16. The highest BCUT2D eigenvalue weighted by Gasteiger charge is 2.18. The summed E-state index contributed by atoms with van der Waals surface area (Å²) >= 11 is 1.26. The van der Waals surface area contributed by atoms with Crippen LogP contribution in [0.25, 0.3) is 26.1 Å². The van der Waals surface area contributed by atoms with Crippen molar-refractivity contribution in [1.29, 1.82) is 0 Å². The van der Waals surface area contributed by atoms with Crippen molar-refractivity contribution in [3.8, 4) is 11.4 Å². The maximum absolute atomic E-state index is 14.4. The van der Waals surface area contributed by atoms with Gasteiger partial charge in [0.15, 0.2) is 5.82 Å². The maximum atomic E-state index is 14.4. The number of anilines is 1. The van der Waals surface area contributed by atoms with Crippen LogP contribution in [0.15, 0.2) is 41.6 Å². The smallest absolute Gasteiger partial charge is 0.276 e. The van der Waals surface area contributed by atoms with Gasteiger partial charge in [-0.15, -0.1) is 11.3 Å². The van der Waals surface area contributed by atoms with Gasteiger partial charge >= 0.3 is 0 Å². The van der Waals surface area contributed by atoms with Crippen LogP contribution in [0.5, 0.6) is 5.75 Å². The van der Waals surface area contributed by atoms with E-state index in [9.17, 15) is 9.18 Å². The normalized spacial score (nSPS) is 11.2. The van der Waals surface area contributed by atoms with E-state index in [1.165, 1.54) is 41.5 Å². The quantitative estimate of drug-likeness (QED) is 0.554. The van der Waals surface area contributed by atoms with Crippen molar-refractivity contribution in [3.63, 3.8) is 0 Å². The van der Waals surface area contributed by atoms with Crippen molar-refractivity contribution in [2.45, 2.75) is 0 Å². The average molecular weight is 370 g/mol. The van der Waals surface area contributed by atoms with Gasteiger partial charge in [0.05, 0.1) is 29.4 Å². The molecule has 3 heterocycles. The minimum atomic E-state index is -0.555.